The Balaban J connectivity index is 2.58. The van der Waals surface area contributed by atoms with E-state index in [2.05, 4.69) is 0 Å². The predicted octanol–water partition coefficient (Wildman–Crippen LogP) is 2.47. The van der Waals surface area contributed by atoms with Crippen LogP contribution in [-0.2, 0) is 14.6 Å². The van der Waals surface area contributed by atoms with E-state index >= 15 is 0 Å². The summed E-state index contributed by atoms with van der Waals surface area (Å²) in [5, 5.41) is 0. The van der Waals surface area contributed by atoms with Crippen molar-refractivity contribution >= 4 is 15.6 Å². The summed E-state index contributed by atoms with van der Waals surface area (Å²) in [5.41, 5.74) is -0.0550. The molecule has 4 nitrogen and oxygen atoms in total. The van der Waals surface area contributed by atoms with E-state index in [9.17, 15) is 13.2 Å². The summed E-state index contributed by atoms with van der Waals surface area (Å²) in [7, 11) is -3.20. The van der Waals surface area contributed by atoms with E-state index in [1.54, 1.807) is 12.1 Å². The van der Waals surface area contributed by atoms with Crippen LogP contribution < -0.4 is 4.74 Å². The Morgan fingerprint density at radius 2 is 1.68 bits per heavy atom. The average Bonchev–Trinajstić information content (AvgIpc) is 2.23. The first kappa shape index (κ1) is 15.7. The Bertz CT molecular complexity index is 536. The second-order valence-corrected chi connectivity index (χ2v) is 7.82. The van der Waals surface area contributed by atoms with Crippen molar-refractivity contribution in [3.8, 4) is 5.75 Å². The van der Waals surface area contributed by atoms with Gasteiger partial charge in [0.15, 0.2) is 15.6 Å². The first-order valence-electron chi connectivity index (χ1n) is 6.02. The molecule has 0 unspecified atom stereocenters. The Morgan fingerprint density at radius 3 is 2.11 bits per heavy atom. The molecule has 0 bridgehead atoms. The number of benzene rings is 1. The zero-order chi connectivity index (χ0) is 14.7. The monoisotopic (exact) mass is 284 g/mol. The fraction of sp³-hybridized carbons (Fsp3) is 0.500. The van der Waals surface area contributed by atoms with Gasteiger partial charge in [-0.15, -0.1) is 0 Å². The number of carbonyl (C=O) groups excluding carboxylic acids is 1. The fourth-order valence-electron chi connectivity index (χ4n) is 1.59. The lowest BCUT2D eigenvalue weighted by molar-refractivity contribution is -0.122. The van der Waals surface area contributed by atoms with E-state index in [4.69, 9.17) is 4.74 Å². The van der Waals surface area contributed by atoms with E-state index in [-0.39, 0.29) is 22.7 Å². The van der Waals surface area contributed by atoms with Crippen LogP contribution in [0.1, 0.15) is 27.2 Å². The van der Waals surface area contributed by atoms with Gasteiger partial charge in [-0.05, 0) is 29.7 Å². The lowest BCUT2D eigenvalue weighted by atomic mass is 9.90. The minimum atomic E-state index is -3.20. The van der Waals surface area contributed by atoms with Crippen LogP contribution in [0.5, 0.6) is 5.75 Å². The smallest absolute Gasteiger partial charge is 0.175 e. The molecule has 0 spiro atoms. The van der Waals surface area contributed by atoms with Crippen molar-refractivity contribution in [1.29, 1.82) is 0 Å². The van der Waals surface area contributed by atoms with Crippen LogP contribution in [0.15, 0.2) is 29.2 Å². The molecule has 0 N–H and O–H groups in total. The van der Waals surface area contributed by atoms with Crippen LogP contribution in [0.4, 0.5) is 0 Å². The molecule has 106 valence electrons. The Labute approximate surface area is 114 Å². The second kappa shape index (κ2) is 5.74. The van der Waals surface area contributed by atoms with Gasteiger partial charge >= 0.3 is 0 Å². The topological polar surface area (TPSA) is 60.4 Å². The molecular weight excluding hydrogens is 264 g/mol. The molecule has 0 atom stereocenters. The van der Waals surface area contributed by atoms with E-state index in [1.165, 1.54) is 12.1 Å². The first-order valence-corrected chi connectivity index (χ1v) is 7.92. The number of carbonyl (C=O) groups is 1. The van der Waals surface area contributed by atoms with Crippen LogP contribution in [-0.4, -0.2) is 27.1 Å². The number of hydrogen-bond acceptors (Lipinski definition) is 4. The van der Waals surface area contributed by atoms with Crippen molar-refractivity contribution in [2.75, 3.05) is 12.9 Å². The summed E-state index contributed by atoms with van der Waals surface area (Å²) in [6.07, 6.45) is 1.60. The highest BCUT2D eigenvalue weighted by Gasteiger charge is 2.16. The van der Waals surface area contributed by atoms with E-state index < -0.39 is 9.84 Å². The van der Waals surface area contributed by atoms with Crippen LogP contribution in [0, 0.1) is 5.41 Å². The molecule has 0 fully saturated rings. The standard InChI is InChI=1S/C14H20O4S/c1-14(2,3)9-11(15)10-18-12-5-7-13(8-6-12)19(4,16)17/h5-8H,9-10H2,1-4H3. The van der Waals surface area contributed by atoms with Crippen LogP contribution in [0.25, 0.3) is 0 Å². The SMILES string of the molecule is CC(C)(C)CC(=O)COc1ccc(S(C)(=O)=O)cc1. The second-order valence-electron chi connectivity index (χ2n) is 5.81. The molecular formula is C14H20O4S. The first-order chi connectivity index (χ1) is 8.58. The Morgan fingerprint density at radius 1 is 1.16 bits per heavy atom. The Kier molecular flexibility index (Phi) is 4.74. The molecule has 0 radical (unpaired) electrons. The van der Waals surface area contributed by atoms with E-state index in [0.717, 1.165) is 6.26 Å². The predicted molar refractivity (Wildman–Crippen MR) is 74.1 cm³/mol. The third-order valence-electron chi connectivity index (χ3n) is 2.38. The third kappa shape index (κ3) is 5.87. The van der Waals surface area contributed by atoms with Gasteiger partial charge in [0.05, 0.1) is 4.90 Å². The van der Waals surface area contributed by atoms with Gasteiger partial charge in [0.25, 0.3) is 0 Å². The molecule has 5 heteroatoms. The van der Waals surface area contributed by atoms with Crippen molar-refractivity contribution in [2.45, 2.75) is 32.1 Å². The number of ketones is 1. The molecule has 0 aliphatic heterocycles. The molecule has 1 aromatic carbocycles. The van der Waals surface area contributed by atoms with Gasteiger partial charge in [-0.2, -0.15) is 0 Å². The lowest BCUT2D eigenvalue weighted by Gasteiger charge is -2.16. The minimum absolute atomic E-state index is 0.00942. The number of ether oxygens (including phenoxy) is 1. The maximum Gasteiger partial charge on any atom is 0.175 e. The molecule has 0 amide bonds. The number of hydrogen-bond donors (Lipinski definition) is 0. The van der Waals surface area contributed by atoms with Gasteiger partial charge in [0.2, 0.25) is 0 Å². The van der Waals surface area contributed by atoms with Gasteiger partial charge in [-0.3, -0.25) is 4.79 Å². The summed E-state index contributed by atoms with van der Waals surface area (Å²) in [5.74, 6) is 0.523. The molecule has 0 saturated heterocycles. The highest BCUT2D eigenvalue weighted by molar-refractivity contribution is 7.90. The fourth-order valence-corrected chi connectivity index (χ4v) is 2.22. The third-order valence-corrected chi connectivity index (χ3v) is 3.51. The van der Waals surface area contributed by atoms with Crippen LogP contribution in [0.2, 0.25) is 0 Å². The summed E-state index contributed by atoms with van der Waals surface area (Å²) < 4.78 is 27.9. The maximum absolute atomic E-state index is 11.6. The summed E-state index contributed by atoms with van der Waals surface area (Å²) in [6, 6.07) is 6.05. The van der Waals surface area contributed by atoms with Gasteiger partial charge in [0.1, 0.15) is 12.4 Å². The quantitative estimate of drug-likeness (QED) is 0.833. The number of Topliss-reactive ketones (excluding diaryl/α,β-unsaturated/α-hetero) is 1. The van der Waals surface area contributed by atoms with Gasteiger partial charge in [-0.25, -0.2) is 8.42 Å². The summed E-state index contributed by atoms with van der Waals surface area (Å²) >= 11 is 0. The molecule has 0 aliphatic carbocycles. The molecule has 0 aliphatic rings. The Hall–Kier alpha value is -1.36. The van der Waals surface area contributed by atoms with Crippen molar-refractivity contribution in [1.82, 2.24) is 0 Å². The molecule has 0 saturated carbocycles. The van der Waals surface area contributed by atoms with Crippen molar-refractivity contribution in [2.24, 2.45) is 5.41 Å². The van der Waals surface area contributed by atoms with E-state index in [1.807, 2.05) is 20.8 Å². The van der Waals surface area contributed by atoms with Crippen molar-refractivity contribution in [3.05, 3.63) is 24.3 Å². The summed E-state index contributed by atoms with van der Waals surface area (Å²) in [4.78, 5) is 11.9. The largest absolute Gasteiger partial charge is 0.486 e. The zero-order valence-electron chi connectivity index (χ0n) is 11.8. The number of rotatable bonds is 5. The molecule has 0 aromatic heterocycles. The normalized spacial score (nSPS) is 12.2. The van der Waals surface area contributed by atoms with E-state index in [0.29, 0.717) is 12.2 Å². The van der Waals surface area contributed by atoms with Gasteiger partial charge in [-0.1, -0.05) is 20.8 Å². The highest BCUT2D eigenvalue weighted by Crippen LogP contribution is 2.20. The minimum Gasteiger partial charge on any atom is -0.486 e. The molecule has 19 heavy (non-hydrogen) atoms. The van der Waals surface area contributed by atoms with Crippen molar-refractivity contribution < 1.29 is 17.9 Å². The highest BCUT2D eigenvalue weighted by atomic mass is 32.2. The molecule has 1 rings (SSSR count). The average molecular weight is 284 g/mol. The van der Waals surface area contributed by atoms with Gasteiger partial charge in [0, 0.05) is 12.7 Å². The van der Waals surface area contributed by atoms with Gasteiger partial charge < -0.3 is 4.74 Å². The summed E-state index contributed by atoms with van der Waals surface area (Å²) in [6.45, 7) is 5.99. The zero-order valence-corrected chi connectivity index (χ0v) is 12.6. The van der Waals surface area contributed by atoms with Crippen LogP contribution >= 0.6 is 0 Å². The number of sulfone groups is 1. The van der Waals surface area contributed by atoms with Crippen LogP contribution in [0.3, 0.4) is 0 Å². The molecule has 1 aromatic rings. The maximum atomic E-state index is 11.6. The van der Waals surface area contributed by atoms with Crippen molar-refractivity contribution in [3.63, 3.8) is 0 Å². The lowest BCUT2D eigenvalue weighted by Crippen LogP contribution is -2.18. The molecule has 0 heterocycles.